The Morgan fingerprint density at radius 2 is 1.88 bits per heavy atom. The van der Waals surface area contributed by atoms with Crippen molar-refractivity contribution in [2.45, 2.75) is 18.0 Å². The number of primary amides is 1. The highest BCUT2D eigenvalue weighted by molar-refractivity contribution is 6.06. The third-order valence-electron chi connectivity index (χ3n) is 5.48. The molecular weight excluding hydrogens is 443 g/mol. The lowest BCUT2D eigenvalue weighted by Gasteiger charge is -2.31. The number of nitrogens with zero attached hydrogens (tertiary/aromatic N) is 2. The summed E-state index contributed by atoms with van der Waals surface area (Å²) in [5.74, 6) is -1.81. The standard InChI is InChI=1S/C23H27FN6O4/c1-30(2)11-10-23(22(25)33)19(26-13-27-23)21(32)28-16-8-9-17(18(12-16)34-3)29-20(31)14-4-6-15(24)7-5-14/h4-9,12-13,19H,10-11H2,1-3H3,(H2,25,33)(H,26,27)(H,28,32)(H,29,31). The maximum absolute atomic E-state index is 13.1. The first-order valence-electron chi connectivity index (χ1n) is 10.5. The predicted molar refractivity (Wildman–Crippen MR) is 126 cm³/mol. The van der Waals surface area contributed by atoms with E-state index in [1.54, 1.807) is 12.1 Å². The molecule has 0 aromatic heterocycles. The van der Waals surface area contributed by atoms with E-state index in [1.807, 2.05) is 19.0 Å². The van der Waals surface area contributed by atoms with Crippen LogP contribution in [0.2, 0.25) is 0 Å². The van der Waals surface area contributed by atoms with Crippen molar-refractivity contribution in [1.29, 1.82) is 0 Å². The number of amides is 3. The summed E-state index contributed by atoms with van der Waals surface area (Å²) in [6.45, 7) is 0.513. The number of carbonyl (C=O) groups is 3. The molecule has 0 spiro atoms. The van der Waals surface area contributed by atoms with Crippen LogP contribution in [-0.4, -0.2) is 68.3 Å². The van der Waals surface area contributed by atoms with Crippen LogP contribution >= 0.6 is 0 Å². The second kappa shape index (κ2) is 10.3. The monoisotopic (exact) mass is 470 g/mol. The molecule has 2 unspecified atom stereocenters. The maximum Gasteiger partial charge on any atom is 0.255 e. The summed E-state index contributed by atoms with van der Waals surface area (Å²) in [6, 6.07) is 8.69. The van der Waals surface area contributed by atoms with E-state index in [1.165, 1.54) is 43.8 Å². The molecule has 34 heavy (non-hydrogen) atoms. The molecule has 11 heteroatoms. The van der Waals surface area contributed by atoms with E-state index in [-0.39, 0.29) is 17.7 Å². The molecule has 0 aliphatic carbocycles. The number of anilines is 2. The third-order valence-corrected chi connectivity index (χ3v) is 5.48. The lowest BCUT2D eigenvalue weighted by atomic mass is 9.86. The van der Waals surface area contributed by atoms with Crippen LogP contribution in [0.3, 0.4) is 0 Å². The molecule has 3 rings (SSSR count). The van der Waals surface area contributed by atoms with Gasteiger partial charge in [0.2, 0.25) is 5.91 Å². The molecule has 2 aromatic carbocycles. The van der Waals surface area contributed by atoms with E-state index in [4.69, 9.17) is 10.5 Å². The van der Waals surface area contributed by atoms with Crippen molar-refractivity contribution in [2.75, 3.05) is 38.4 Å². The molecule has 1 aliphatic heterocycles. The second-order valence-electron chi connectivity index (χ2n) is 8.08. The molecule has 3 amide bonds. The molecule has 0 bridgehead atoms. The average Bonchev–Trinajstić information content (AvgIpc) is 3.24. The Balaban J connectivity index is 1.75. The number of rotatable bonds is 9. The van der Waals surface area contributed by atoms with E-state index < -0.39 is 35.1 Å². The number of hydrogen-bond donors (Lipinski definition) is 4. The van der Waals surface area contributed by atoms with Gasteiger partial charge in [-0.2, -0.15) is 0 Å². The van der Waals surface area contributed by atoms with Gasteiger partial charge < -0.3 is 31.3 Å². The van der Waals surface area contributed by atoms with Crippen LogP contribution in [0.15, 0.2) is 47.5 Å². The molecule has 0 radical (unpaired) electrons. The first kappa shape index (κ1) is 24.6. The number of nitrogens with two attached hydrogens (primary N) is 1. The number of ether oxygens (including phenoxy) is 1. The zero-order chi connectivity index (χ0) is 24.9. The molecular formula is C23H27FN6O4. The van der Waals surface area contributed by atoms with Gasteiger partial charge in [0, 0.05) is 23.9 Å². The van der Waals surface area contributed by atoms with Crippen LogP contribution in [0.1, 0.15) is 16.8 Å². The SMILES string of the molecule is COc1cc(NC(=O)C2N=CNC2(CCN(C)C)C(N)=O)ccc1NC(=O)c1ccc(F)cc1. The Labute approximate surface area is 196 Å². The number of halogens is 1. The van der Waals surface area contributed by atoms with Gasteiger partial charge >= 0.3 is 0 Å². The smallest absolute Gasteiger partial charge is 0.255 e. The van der Waals surface area contributed by atoms with Crippen molar-refractivity contribution in [2.24, 2.45) is 10.7 Å². The number of methoxy groups -OCH3 is 1. The van der Waals surface area contributed by atoms with E-state index >= 15 is 0 Å². The van der Waals surface area contributed by atoms with Crippen LogP contribution in [-0.2, 0) is 9.59 Å². The van der Waals surface area contributed by atoms with Crippen molar-refractivity contribution < 1.29 is 23.5 Å². The Bertz CT molecular complexity index is 1110. The van der Waals surface area contributed by atoms with Crippen LogP contribution in [0.25, 0.3) is 0 Å². The van der Waals surface area contributed by atoms with Gasteiger partial charge in [-0.05, 0) is 56.9 Å². The summed E-state index contributed by atoms with van der Waals surface area (Å²) in [6.07, 6.45) is 1.60. The number of nitrogens with one attached hydrogen (secondary N) is 3. The summed E-state index contributed by atoms with van der Waals surface area (Å²) in [5, 5.41) is 8.28. The fourth-order valence-electron chi connectivity index (χ4n) is 3.54. The van der Waals surface area contributed by atoms with E-state index in [2.05, 4.69) is 20.9 Å². The van der Waals surface area contributed by atoms with Gasteiger partial charge in [-0.1, -0.05) is 0 Å². The quantitative estimate of drug-likeness (QED) is 0.435. The predicted octanol–water partition coefficient (Wildman–Crippen LogP) is 1.20. The first-order chi connectivity index (χ1) is 16.2. The average molecular weight is 471 g/mol. The van der Waals surface area contributed by atoms with Gasteiger partial charge in [-0.25, -0.2) is 4.39 Å². The Hall–Kier alpha value is -3.99. The van der Waals surface area contributed by atoms with Crippen molar-refractivity contribution in [3.05, 3.63) is 53.8 Å². The summed E-state index contributed by atoms with van der Waals surface area (Å²) in [4.78, 5) is 43.8. The van der Waals surface area contributed by atoms with Crippen molar-refractivity contribution in [3.63, 3.8) is 0 Å². The van der Waals surface area contributed by atoms with E-state index in [0.29, 0.717) is 17.9 Å². The topological polar surface area (TPSA) is 138 Å². The molecule has 0 saturated carbocycles. The van der Waals surface area contributed by atoms with Crippen LogP contribution in [0, 0.1) is 5.82 Å². The van der Waals surface area contributed by atoms with Gasteiger partial charge in [0.25, 0.3) is 11.8 Å². The first-order valence-corrected chi connectivity index (χ1v) is 10.5. The Kier molecular flexibility index (Phi) is 7.47. The molecule has 2 aromatic rings. The number of aliphatic imine (C=N–C) groups is 1. The van der Waals surface area contributed by atoms with E-state index in [0.717, 1.165) is 0 Å². The minimum absolute atomic E-state index is 0.271. The van der Waals surface area contributed by atoms with E-state index in [9.17, 15) is 18.8 Å². The third kappa shape index (κ3) is 5.31. The van der Waals surface area contributed by atoms with Crippen molar-refractivity contribution in [1.82, 2.24) is 10.2 Å². The number of hydrogen-bond acceptors (Lipinski definition) is 7. The molecule has 180 valence electrons. The second-order valence-corrected chi connectivity index (χ2v) is 8.08. The number of carbonyl (C=O) groups excluding carboxylic acids is 3. The minimum atomic E-state index is -1.35. The zero-order valence-corrected chi connectivity index (χ0v) is 19.1. The van der Waals surface area contributed by atoms with Crippen LogP contribution in [0.5, 0.6) is 5.75 Å². The molecule has 5 N–H and O–H groups in total. The molecule has 2 atom stereocenters. The van der Waals surface area contributed by atoms with Gasteiger partial charge in [0.05, 0.1) is 19.1 Å². The van der Waals surface area contributed by atoms with Crippen LogP contribution < -0.4 is 26.4 Å². The van der Waals surface area contributed by atoms with Crippen molar-refractivity contribution >= 4 is 35.4 Å². The zero-order valence-electron chi connectivity index (χ0n) is 19.1. The summed E-state index contributed by atoms with van der Waals surface area (Å²) >= 11 is 0. The highest BCUT2D eigenvalue weighted by atomic mass is 19.1. The minimum Gasteiger partial charge on any atom is -0.494 e. The van der Waals surface area contributed by atoms with Gasteiger partial charge in [0.1, 0.15) is 17.1 Å². The lowest BCUT2D eigenvalue weighted by Crippen LogP contribution is -2.62. The Morgan fingerprint density at radius 1 is 1.18 bits per heavy atom. The summed E-state index contributed by atoms with van der Waals surface area (Å²) in [5.41, 5.74) is 5.30. The van der Waals surface area contributed by atoms with Gasteiger partial charge in [0.15, 0.2) is 6.04 Å². The Morgan fingerprint density at radius 3 is 2.50 bits per heavy atom. The summed E-state index contributed by atoms with van der Waals surface area (Å²) in [7, 11) is 5.11. The molecule has 0 saturated heterocycles. The van der Waals surface area contributed by atoms with Gasteiger partial charge in [-0.3, -0.25) is 19.4 Å². The number of benzene rings is 2. The highest BCUT2D eigenvalue weighted by Crippen LogP contribution is 2.30. The van der Waals surface area contributed by atoms with Crippen molar-refractivity contribution in [3.8, 4) is 5.75 Å². The van der Waals surface area contributed by atoms with Crippen LogP contribution in [0.4, 0.5) is 15.8 Å². The largest absolute Gasteiger partial charge is 0.494 e. The fraction of sp³-hybridized carbons (Fsp3) is 0.304. The molecule has 1 aliphatic rings. The molecule has 1 heterocycles. The summed E-state index contributed by atoms with van der Waals surface area (Å²) < 4.78 is 18.4. The van der Waals surface area contributed by atoms with Gasteiger partial charge in [-0.15, -0.1) is 0 Å². The highest BCUT2D eigenvalue weighted by Gasteiger charge is 2.50. The molecule has 0 fully saturated rings. The maximum atomic E-state index is 13.1. The lowest BCUT2D eigenvalue weighted by molar-refractivity contribution is -0.129. The molecule has 10 nitrogen and oxygen atoms in total. The normalized spacial score (nSPS) is 18.9. The fourth-order valence-corrected chi connectivity index (χ4v) is 3.54.